The molecule has 0 aromatic heterocycles. The highest BCUT2D eigenvalue weighted by atomic mass is 16.5. The number of nitrogens with one attached hydrogen (secondary N) is 2. The SMILES string of the molecule is CC(C)C(NC(=O)OCc1ccccc1)C(=O)C=N. The molecule has 102 valence electrons. The number of amides is 1. The standard InChI is InChI=1S/C14H18N2O3/c1-10(2)13(12(17)8-15)16-14(18)19-9-11-6-4-3-5-7-11/h3-8,10,13,15H,9H2,1-2H3,(H,16,18). The van der Waals surface area contributed by atoms with Gasteiger partial charge >= 0.3 is 6.09 Å². The summed E-state index contributed by atoms with van der Waals surface area (Å²) in [6.45, 7) is 3.74. The molecule has 0 bridgehead atoms. The Hall–Kier alpha value is -2.17. The molecule has 1 atom stereocenters. The van der Waals surface area contributed by atoms with Crippen LogP contribution in [-0.2, 0) is 16.1 Å². The molecular weight excluding hydrogens is 244 g/mol. The summed E-state index contributed by atoms with van der Waals surface area (Å²) in [7, 11) is 0. The fourth-order valence-corrected chi connectivity index (χ4v) is 1.55. The minimum Gasteiger partial charge on any atom is -0.445 e. The summed E-state index contributed by atoms with van der Waals surface area (Å²) >= 11 is 0. The van der Waals surface area contributed by atoms with Gasteiger partial charge in [-0.3, -0.25) is 4.79 Å². The molecule has 0 saturated heterocycles. The molecule has 19 heavy (non-hydrogen) atoms. The summed E-state index contributed by atoms with van der Waals surface area (Å²) in [5, 5.41) is 9.42. The van der Waals surface area contributed by atoms with Gasteiger partial charge in [0.2, 0.25) is 0 Å². The molecule has 0 aliphatic heterocycles. The maximum atomic E-state index is 11.6. The van der Waals surface area contributed by atoms with E-state index in [2.05, 4.69) is 5.32 Å². The van der Waals surface area contributed by atoms with E-state index in [4.69, 9.17) is 10.1 Å². The van der Waals surface area contributed by atoms with Crippen LogP contribution in [0.2, 0.25) is 0 Å². The normalized spacial score (nSPS) is 11.7. The molecule has 0 saturated carbocycles. The molecule has 1 unspecified atom stereocenters. The molecule has 0 radical (unpaired) electrons. The third kappa shape index (κ3) is 4.91. The Morgan fingerprint density at radius 1 is 1.32 bits per heavy atom. The van der Waals surface area contributed by atoms with Gasteiger partial charge in [0.25, 0.3) is 0 Å². The van der Waals surface area contributed by atoms with Gasteiger partial charge in [0.05, 0.1) is 12.3 Å². The monoisotopic (exact) mass is 262 g/mol. The van der Waals surface area contributed by atoms with E-state index >= 15 is 0 Å². The second kappa shape index (κ2) is 7.31. The number of hydrogen-bond donors (Lipinski definition) is 2. The van der Waals surface area contributed by atoms with Crippen LogP contribution in [-0.4, -0.2) is 24.1 Å². The average molecular weight is 262 g/mol. The van der Waals surface area contributed by atoms with Crippen molar-refractivity contribution in [3.8, 4) is 0 Å². The third-order valence-corrected chi connectivity index (χ3v) is 2.60. The first kappa shape index (κ1) is 14.9. The van der Waals surface area contributed by atoms with E-state index in [0.717, 1.165) is 5.56 Å². The van der Waals surface area contributed by atoms with E-state index in [1.807, 2.05) is 30.3 Å². The van der Waals surface area contributed by atoms with Gasteiger partial charge in [0.1, 0.15) is 6.61 Å². The van der Waals surface area contributed by atoms with E-state index in [1.165, 1.54) is 0 Å². The molecule has 0 fully saturated rings. The van der Waals surface area contributed by atoms with Crippen molar-refractivity contribution in [2.24, 2.45) is 5.92 Å². The van der Waals surface area contributed by atoms with Crippen molar-refractivity contribution in [2.75, 3.05) is 0 Å². The van der Waals surface area contributed by atoms with Crippen LogP contribution in [0.3, 0.4) is 0 Å². The first-order valence-electron chi connectivity index (χ1n) is 6.06. The van der Waals surface area contributed by atoms with Crippen molar-refractivity contribution in [3.63, 3.8) is 0 Å². The summed E-state index contributed by atoms with van der Waals surface area (Å²) in [4.78, 5) is 23.0. The van der Waals surface area contributed by atoms with E-state index in [9.17, 15) is 9.59 Å². The molecule has 2 N–H and O–H groups in total. The molecule has 1 rings (SSSR count). The quantitative estimate of drug-likeness (QED) is 0.771. The fraction of sp³-hybridized carbons (Fsp3) is 0.357. The Kier molecular flexibility index (Phi) is 5.73. The highest BCUT2D eigenvalue weighted by Gasteiger charge is 2.22. The Bertz CT molecular complexity index is 443. The molecule has 0 aliphatic rings. The van der Waals surface area contributed by atoms with Gasteiger partial charge in [-0.25, -0.2) is 4.79 Å². The van der Waals surface area contributed by atoms with E-state index in [1.54, 1.807) is 13.8 Å². The third-order valence-electron chi connectivity index (χ3n) is 2.60. The number of carbonyl (C=O) groups is 2. The lowest BCUT2D eigenvalue weighted by molar-refractivity contribution is -0.115. The Labute approximate surface area is 112 Å². The number of hydrogen-bond acceptors (Lipinski definition) is 4. The van der Waals surface area contributed by atoms with Gasteiger partial charge in [-0.05, 0) is 11.5 Å². The van der Waals surface area contributed by atoms with E-state index in [0.29, 0.717) is 6.21 Å². The summed E-state index contributed by atoms with van der Waals surface area (Å²) < 4.78 is 5.03. The lowest BCUT2D eigenvalue weighted by Crippen LogP contribution is -2.45. The molecule has 1 amide bonds. The second-order valence-corrected chi connectivity index (χ2v) is 4.47. The topological polar surface area (TPSA) is 79.2 Å². The maximum absolute atomic E-state index is 11.6. The minimum absolute atomic E-state index is 0.0987. The largest absolute Gasteiger partial charge is 0.445 e. The van der Waals surface area contributed by atoms with Crippen molar-refractivity contribution in [2.45, 2.75) is 26.5 Å². The molecule has 5 nitrogen and oxygen atoms in total. The zero-order valence-corrected chi connectivity index (χ0v) is 11.1. The zero-order chi connectivity index (χ0) is 14.3. The first-order valence-corrected chi connectivity index (χ1v) is 6.06. The molecule has 0 heterocycles. The molecule has 1 aromatic carbocycles. The van der Waals surface area contributed by atoms with Crippen LogP contribution >= 0.6 is 0 Å². The summed E-state index contributed by atoms with van der Waals surface area (Å²) in [6, 6.07) is 8.55. The predicted molar refractivity (Wildman–Crippen MR) is 72.2 cm³/mol. The Morgan fingerprint density at radius 2 is 1.95 bits per heavy atom. The molecule has 0 aliphatic carbocycles. The fourth-order valence-electron chi connectivity index (χ4n) is 1.55. The highest BCUT2D eigenvalue weighted by Crippen LogP contribution is 2.04. The van der Waals surface area contributed by atoms with Crippen LogP contribution < -0.4 is 5.32 Å². The van der Waals surface area contributed by atoms with Crippen LogP contribution in [0.1, 0.15) is 19.4 Å². The summed E-state index contributed by atoms with van der Waals surface area (Å²) in [5.74, 6) is -0.537. The first-order chi connectivity index (χ1) is 9.04. The van der Waals surface area contributed by atoms with E-state index < -0.39 is 17.9 Å². The van der Waals surface area contributed by atoms with Gasteiger partial charge in [0.15, 0.2) is 5.78 Å². The van der Waals surface area contributed by atoms with Crippen LogP contribution in [0.5, 0.6) is 0 Å². The van der Waals surface area contributed by atoms with Crippen LogP contribution in [0.15, 0.2) is 30.3 Å². The number of benzene rings is 1. The van der Waals surface area contributed by atoms with E-state index in [-0.39, 0.29) is 12.5 Å². The number of ether oxygens (including phenoxy) is 1. The van der Waals surface area contributed by atoms with Gasteiger partial charge in [0, 0.05) is 0 Å². The molecule has 0 spiro atoms. The number of carbonyl (C=O) groups excluding carboxylic acids is 2. The van der Waals surface area contributed by atoms with Crippen molar-refractivity contribution >= 4 is 18.1 Å². The average Bonchev–Trinajstić information content (AvgIpc) is 2.42. The van der Waals surface area contributed by atoms with Crippen molar-refractivity contribution in [3.05, 3.63) is 35.9 Å². The number of alkyl carbamates (subject to hydrolysis) is 1. The van der Waals surface area contributed by atoms with Gasteiger partial charge in [-0.15, -0.1) is 0 Å². The predicted octanol–water partition coefficient (Wildman–Crippen LogP) is 2.16. The summed E-state index contributed by atoms with van der Waals surface area (Å²) in [6.07, 6.45) is 0.0556. The lowest BCUT2D eigenvalue weighted by atomic mass is 10.0. The Morgan fingerprint density at radius 3 is 2.47 bits per heavy atom. The maximum Gasteiger partial charge on any atom is 0.408 e. The van der Waals surface area contributed by atoms with Gasteiger partial charge in [-0.2, -0.15) is 0 Å². The van der Waals surface area contributed by atoms with Gasteiger partial charge < -0.3 is 15.5 Å². The van der Waals surface area contributed by atoms with Crippen molar-refractivity contribution < 1.29 is 14.3 Å². The number of ketones is 1. The van der Waals surface area contributed by atoms with Crippen molar-refractivity contribution in [1.82, 2.24) is 5.32 Å². The van der Waals surface area contributed by atoms with Crippen LogP contribution in [0.25, 0.3) is 0 Å². The highest BCUT2D eigenvalue weighted by molar-refractivity contribution is 6.29. The van der Waals surface area contributed by atoms with Crippen LogP contribution in [0.4, 0.5) is 4.79 Å². The molecule has 1 aromatic rings. The second-order valence-electron chi connectivity index (χ2n) is 4.47. The Balaban J connectivity index is 2.49. The zero-order valence-electron chi connectivity index (χ0n) is 11.1. The van der Waals surface area contributed by atoms with Crippen LogP contribution in [0, 0.1) is 11.3 Å². The smallest absolute Gasteiger partial charge is 0.408 e. The lowest BCUT2D eigenvalue weighted by Gasteiger charge is -2.18. The molecule has 5 heteroatoms. The number of Topliss-reactive ketones (excluding diaryl/α,β-unsaturated/α-hetero) is 1. The molecular formula is C14H18N2O3. The number of rotatable bonds is 6. The van der Waals surface area contributed by atoms with Gasteiger partial charge in [-0.1, -0.05) is 44.2 Å². The summed E-state index contributed by atoms with van der Waals surface area (Å²) in [5.41, 5.74) is 0.872. The minimum atomic E-state index is -0.722. The van der Waals surface area contributed by atoms with Crippen molar-refractivity contribution in [1.29, 1.82) is 5.41 Å².